The molecule has 0 bridgehead atoms. The second-order valence-electron chi connectivity index (χ2n) is 7.33. The number of benzene rings is 1. The van der Waals surface area contributed by atoms with Gasteiger partial charge in [0.15, 0.2) is 11.5 Å². The van der Waals surface area contributed by atoms with Crippen LogP contribution in [0.25, 0.3) is 0 Å². The van der Waals surface area contributed by atoms with Crippen LogP contribution in [0.5, 0.6) is 11.5 Å². The van der Waals surface area contributed by atoms with Crippen LogP contribution in [0.3, 0.4) is 0 Å². The number of nitrogens with zero attached hydrogens (tertiary/aromatic N) is 3. The number of rotatable bonds is 7. The monoisotopic (exact) mass is 412 g/mol. The fraction of sp³-hybridized carbons (Fsp3) is 0.409. The number of likely N-dealkylation sites (tertiary alicyclic amines) is 1. The first kappa shape index (κ1) is 21.4. The van der Waals surface area contributed by atoms with Crippen LogP contribution in [0.1, 0.15) is 24.0 Å². The molecule has 0 aliphatic carbocycles. The Morgan fingerprint density at radius 1 is 1.20 bits per heavy atom. The molecular formula is C22H28N4O4. The topological polar surface area (TPSA) is 98.0 Å². The molecule has 0 radical (unpaired) electrons. The van der Waals surface area contributed by atoms with Crippen LogP contribution in [0.15, 0.2) is 42.7 Å². The van der Waals surface area contributed by atoms with Crippen molar-refractivity contribution in [2.45, 2.75) is 25.9 Å². The first-order chi connectivity index (χ1) is 14.5. The maximum absolute atomic E-state index is 13.5. The number of urea groups is 1. The van der Waals surface area contributed by atoms with Crippen molar-refractivity contribution < 1.29 is 19.1 Å². The van der Waals surface area contributed by atoms with Crippen molar-refractivity contribution in [1.29, 1.82) is 0 Å². The average molecular weight is 412 g/mol. The Labute approximate surface area is 176 Å². The van der Waals surface area contributed by atoms with Crippen LogP contribution in [0.2, 0.25) is 0 Å². The third-order valence-electron chi connectivity index (χ3n) is 5.34. The number of hydrogen-bond acceptors (Lipinski definition) is 5. The van der Waals surface area contributed by atoms with Crippen molar-refractivity contribution in [1.82, 2.24) is 14.8 Å². The van der Waals surface area contributed by atoms with Gasteiger partial charge in [-0.2, -0.15) is 0 Å². The zero-order valence-corrected chi connectivity index (χ0v) is 17.4. The van der Waals surface area contributed by atoms with Crippen LogP contribution >= 0.6 is 0 Å². The Bertz CT molecular complexity index is 875. The quantitative estimate of drug-likeness (QED) is 0.753. The number of para-hydroxylation sites is 1. The molecule has 3 rings (SSSR count). The van der Waals surface area contributed by atoms with Gasteiger partial charge in [0.1, 0.15) is 0 Å². The third-order valence-corrected chi connectivity index (χ3v) is 5.34. The van der Waals surface area contributed by atoms with Crippen LogP contribution in [-0.2, 0) is 17.9 Å². The molecule has 1 aliphatic rings. The fourth-order valence-corrected chi connectivity index (χ4v) is 3.84. The summed E-state index contributed by atoms with van der Waals surface area (Å²) in [6.45, 7) is 1.68. The van der Waals surface area contributed by atoms with Crippen molar-refractivity contribution in [3.63, 3.8) is 0 Å². The molecular weight excluding hydrogens is 384 g/mol. The molecule has 160 valence electrons. The van der Waals surface area contributed by atoms with Crippen molar-refractivity contribution in [2.24, 2.45) is 11.7 Å². The molecule has 1 saturated heterocycles. The van der Waals surface area contributed by atoms with Crippen LogP contribution in [0.4, 0.5) is 4.79 Å². The van der Waals surface area contributed by atoms with Gasteiger partial charge in [0.25, 0.3) is 0 Å². The van der Waals surface area contributed by atoms with Gasteiger partial charge in [0.05, 0.1) is 20.1 Å². The average Bonchev–Trinajstić information content (AvgIpc) is 2.78. The van der Waals surface area contributed by atoms with Gasteiger partial charge in [-0.3, -0.25) is 9.78 Å². The first-order valence-electron chi connectivity index (χ1n) is 9.95. The molecule has 0 saturated carbocycles. The van der Waals surface area contributed by atoms with Crippen molar-refractivity contribution in [3.05, 3.63) is 53.9 Å². The number of pyridine rings is 1. The Morgan fingerprint density at radius 2 is 2.03 bits per heavy atom. The molecule has 2 aromatic rings. The highest BCUT2D eigenvalue weighted by molar-refractivity contribution is 5.80. The van der Waals surface area contributed by atoms with Crippen LogP contribution in [-0.4, -0.2) is 54.0 Å². The zero-order valence-electron chi connectivity index (χ0n) is 17.4. The lowest BCUT2D eigenvalue weighted by molar-refractivity contribution is -0.138. The van der Waals surface area contributed by atoms with Gasteiger partial charge >= 0.3 is 6.03 Å². The van der Waals surface area contributed by atoms with Crippen molar-refractivity contribution in [2.75, 3.05) is 27.3 Å². The fourth-order valence-electron chi connectivity index (χ4n) is 3.84. The summed E-state index contributed by atoms with van der Waals surface area (Å²) in [5.74, 6) is 0.905. The highest BCUT2D eigenvalue weighted by atomic mass is 16.5. The molecule has 0 spiro atoms. The summed E-state index contributed by atoms with van der Waals surface area (Å²) >= 11 is 0. The predicted molar refractivity (Wildman–Crippen MR) is 112 cm³/mol. The minimum absolute atomic E-state index is 0.0188. The molecule has 8 nitrogen and oxygen atoms in total. The number of methoxy groups -OCH3 is 2. The standard InChI is InChI=1S/C22H28N4O4/c1-29-19-9-3-7-17(20(19)30-2)14-26(13-16-6-4-10-24-12-16)21(27)18-8-5-11-25(15-18)22(23)28/h3-4,6-7,9-10,12,18H,5,8,11,13-15H2,1-2H3,(H2,23,28). The van der Waals surface area contributed by atoms with Crippen LogP contribution in [0, 0.1) is 5.92 Å². The molecule has 1 aromatic heterocycles. The Kier molecular flexibility index (Phi) is 7.11. The summed E-state index contributed by atoms with van der Waals surface area (Å²) in [7, 11) is 3.17. The number of carbonyl (C=O) groups excluding carboxylic acids is 2. The summed E-state index contributed by atoms with van der Waals surface area (Å²) < 4.78 is 10.9. The highest BCUT2D eigenvalue weighted by Gasteiger charge is 2.31. The first-order valence-corrected chi connectivity index (χ1v) is 9.95. The predicted octanol–water partition coefficient (Wildman–Crippen LogP) is 2.42. The summed E-state index contributed by atoms with van der Waals surface area (Å²) in [5.41, 5.74) is 7.22. The van der Waals surface area contributed by atoms with E-state index in [2.05, 4.69) is 4.98 Å². The van der Waals surface area contributed by atoms with E-state index < -0.39 is 6.03 Å². The molecule has 1 atom stereocenters. The molecule has 1 aromatic carbocycles. The number of piperidine rings is 1. The van der Waals surface area contributed by atoms with Crippen molar-refractivity contribution in [3.8, 4) is 11.5 Å². The maximum Gasteiger partial charge on any atom is 0.314 e. The lowest BCUT2D eigenvalue weighted by Crippen LogP contribution is -2.48. The number of hydrogen-bond donors (Lipinski definition) is 1. The van der Waals surface area contributed by atoms with E-state index in [1.807, 2.05) is 30.3 Å². The SMILES string of the molecule is COc1cccc(CN(Cc2cccnc2)C(=O)C2CCCN(C(N)=O)C2)c1OC. The molecule has 2 N–H and O–H groups in total. The third kappa shape index (κ3) is 5.00. The van der Waals surface area contributed by atoms with Crippen LogP contribution < -0.4 is 15.2 Å². The summed E-state index contributed by atoms with van der Waals surface area (Å²) in [6, 6.07) is 8.91. The van der Waals surface area contributed by atoms with E-state index in [4.69, 9.17) is 15.2 Å². The van der Waals surface area contributed by atoms with Gasteiger partial charge in [-0.05, 0) is 30.5 Å². The Hall–Kier alpha value is -3.29. The van der Waals surface area contributed by atoms with Gasteiger partial charge in [0.2, 0.25) is 5.91 Å². The summed E-state index contributed by atoms with van der Waals surface area (Å²) in [5, 5.41) is 0. The van der Waals surface area contributed by atoms with E-state index in [-0.39, 0.29) is 11.8 Å². The number of nitrogens with two attached hydrogens (primary N) is 1. The largest absolute Gasteiger partial charge is 0.493 e. The number of primary amides is 1. The lowest BCUT2D eigenvalue weighted by Gasteiger charge is -2.34. The van der Waals surface area contributed by atoms with E-state index in [1.165, 1.54) is 0 Å². The van der Waals surface area contributed by atoms with E-state index in [0.29, 0.717) is 37.7 Å². The number of ether oxygens (including phenoxy) is 2. The maximum atomic E-state index is 13.5. The van der Waals surface area contributed by atoms with Gasteiger partial charge in [0, 0.05) is 44.1 Å². The summed E-state index contributed by atoms with van der Waals surface area (Å²) in [4.78, 5) is 32.6. The molecule has 1 unspecified atom stereocenters. The van der Waals surface area contributed by atoms with Gasteiger partial charge in [-0.15, -0.1) is 0 Å². The molecule has 8 heteroatoms. The number of amides is 3. The minimum atomic E-state index is -0.485. The minimum Gasteiger partial charge on any atom is -0.493 e. The highest BCUT2D eigenvalue weighted by Crippen LogP contribution is 2.32. The second kappa shape index (κ2) is 9.96. The Morgan fingerprint density at radius 3 is 2.70 bits per heavy atom. The molecule has 3 amide bonds. The van der Waals surface area contributed by atoms with Gasteiger partial charge in [-0.1, -0.05) is 18.2 Å². The number of carbonyl (C=O) groups is 2. The van der Waals surface area contributed by atoms with Gasteiger partial charge < -0.3 is 25.0 Å². The zero-order chi connectivity index (χ0) is 21.5. The smallest absolute Gasteiger partial charge is 0.314 e. The molecule has 30 heavy (non-hydrogen) atoms. The van der Waals surface area contributed by atoms with E-state index in [0.717, 1.165) is 24.0 Å². The summed E-state index contributed by atoms with van der Waals surface area (Å²) in [6.07, 6.45) is 4.93. The molecule has 1 aliphatic heterocycles. The molecule has 1 fully saturated rings. The Balaban J connectivity index is 1.87. The van der Waals surface area contributed by atoms with Crippen molar-refractivity contribution >= 4 is 11.9 Å². The van der Waals surface area contributed by atoms with Gasteiger partial charge in [-0.25, -0.2) is 4.79 Å². The normalized spacial score (nSPS) is 16.1. The number of aromatic nitrogens is 1. The van der Waals surface area contributed by atoms with E-state index in [9.17, 15) is 9.59 Å². The van der Waals surface area contributed by atoms with E-state index >= 15 is 0 Å². The molecule has 2 heterocycles. The lowest BCUT2D eigenvalue weighted by atomic mass is 9.96. The second-order valence-corrected chi connectivity index (χ2v) is 7.33. The van der Waals surface area contributed by atoms with E-state index in [1.54, 1.807) is 36.4 Å².